The fraction of sp³-hybridized carbons (Fsp3) is 0.304. The van der Waals surface area contributed by atoms with Crippen LogP contribution in [-0.4, -0.2) is 25.2 Å². The SMILES string of the molecule is CCOC(=O)C1=C(CNc2ccc(C)c(Cl)c2)NC(=O)N[C@@H]1c1cc(C)ccc1C. The number of esters is 1. The van der Waals surface area contributed by atoms with Crippen molar-refractivity contribution >= 4 is 29.3 Å². The van der Waals surface area contributed by atoms with Crippen molar-refractivity contribution in [2.75, 3.05) is 18.5 Å². The van der Waals surface area contributed by atoms with E-state index in [1.54, 1.807) is 6.92 Å². The quantitative estimate of drug-likeness (QED) is 0.591. The van der Waals surface area contributed by atoms with E-state index >= 15 is 0 Å². The summed E-state index contributed by atoms with van der Waals surface area (Å²) in [5, 5.41) is 9.52. The van der Waals surface area contributed by atoms with E-state index in [2.05, 4.69) is 16.0 Å². The van der Waals surface area contributed by atoms with Gasteiger partial charge in [-0.15, -0.1) is 0 Å². The molecular formula is C23H26ClN3O3. The number of carbonyl (C=O) groups excluding carboxylic acids is 2. The van der Waals surface area contributed by atoms with Gasteiger partial charge in [0, 0.05) is 10.7 Å². The molecule has 0 fully saturated rings. The molecule has 3 N–H and O–H groups in total. The van der Waals surface area contributed by atoms with Crippen molar-refractivity contribution in [3.8, 4) is 0 Å². The lowest BCUT2D eigenvalue weighted by Gasteiger charge is -2.30. The largest absolute Gasteiger partial charge is 0.463 e. The van der Waals surface area contributed by atoms with Gasteiger partial charge in [-0.1, -0.05) is 41.4 Å². The molecular weight excluding hydrogens is 402 g/mol. The Hall–Kier alpha value is -2.99. The number of urea groups is 1. The van der Waals surface area contributed by atoms with Gasteiger partial charge in [0.1, 0.15) is 0 Å². The molecule has 0 radical (unpaired) electrons. The minimum absolute atomic E-state index is 0.238. The van der Waals surface area contributed by atoms with Crippen LogP contribution in [0.3, 0.4) is 0 Å². The van der Waals surface area contributed by atoms with Gasteiger partial charge in [-0.25, -0.2) is 9.59 Å². The predicted octanol–water partition coefficient (Wildman–Crippen LogP) is 4.55. The average molecular weight is 428 g/mol. The number of nitrogens with one attached hydrogen (secondary N) is 3. The predicted molar refractivity (Wildman–Crippen MR) is 119 cm³/mol. The van der Waals surface area contributed by atoms with Crippen LogP contribution in [0.2, 0.25) is 5.02 Å². The maximum Gasteiger partial charge on any atom is 0.338 e. The Morgan fingerprint density at radius 3 is 2.57 bits per heavy atom. The molecule has 1 heterocycles. The maximum absolute atomic E-state index is 12.9. The highest BCUT2D eigenvalue weighted by molar-refractivity contribution is 6.31. The molecule has 6 nitrogen and oxygen atoms in total. The normalized spacial score (nSPS) is 16.0. The van der Waals surface area contributed by atoms with Gasteiger partial charge in [0.15, 0.2) is 0 Å². The van der Waals surface area contributed by atoms with Gasteiger partial charge in [-0.05, 0) is 56.5 Å². The van der Waals surface area contributed by atoms with Crippen LogP contribution in [0.15, 0.2) is 47.7 Å². The van der Waals surface area contributed by atoms with Gasteiger partial charge >= 0.3 is 12.0 Å². The van der Waals surface area contributed by atoms with Crippen molar-refractivity contribution < 1.29 is 14.3 Å². The first-order valence-electron chi connectivity index (χ1n) is 9.85. The summed E-state index contributed by atoms with van der Waals surface area (Å²) >= 11 is 6.21. The van der Waals surface area contributed by atoms with E-state index in [1.165, 1.54) is 0 Å². The van der Waals surface area contributed by atoms with Crippen molar-refractivity contribution in [1.29, 1.82) is 0 Å². The van der Waals surface area contributed by atoms with E-state index in [0.29, 0.717) is 16.3 Å². The number of hydrogen-bond donors (Lipinski definition) is 3. The summed E-state index contributed by atoms with van der Waals surface area (Å²) in [6, 6.07) is 10.6. The minimum Gasteiger partial charge on any atom is -0.463 e. The van der Waals surface area contributed by atoms with Crippen LogP contribution >= 0.6 is 11.6 Å². The molecule has 1 aliphatic heterocycles. The van der Waals surface area contributed by atoms with Gasteiger partial charge < -0.3 is 20.7 Å². The number of anilines is 1. The molecule has 0 bridgehead atoms. The summed E-state index contributed by atoms with van der Waals surface area (Å²) < 4.78 is 5.32. The van der Waals surface area contributed by atoms with Gasteiger partial charge in [-0.2, -0.15) is 0 Å². The average Bonchev–Trinajstić information content (AvgIpc) is 2.70. The van der Waals surface area contributed by atoms with E-state index in [0.717, 1.165) is 27.9 Å². The molecule has 1 aliphatic rings. The zero-order valence-corrected chi connectivity index (χ0v) is 18.3. The monoisotopic (exact) mass is 427 g/mol. The highest BCUT2D eigenvalue weighted by Crippen LogP contribution is 2.31. The first kappa shape index (κ1) is 21.7. The van der Waals surface area contributed by atoms with Crippen LogP contribution in [-0.2, 0) is 9.53 Å². The first-order valence-corrected chi connectivity index (χ1v) is 10.2. The zero-order chi connectivity index (χ0) is 21.8. The van der Waals surface area contributed by atoms with Gasteiger partial charge in [0.25, 0.3) is 0 Å². The summed E-state index contributed by atoms with van der Waals surface area (Å²) in [7, 11) is 0. The van der Waals surface area contributed by atoms with E-state index in [1.807, 2.05) is 57.2 Å². The van der Waals surface area contributed by atoms with Crippen molar-refractivity contribution in [3.63, 3.8) is 0 Å². The molecule has 30 heavy (non-hydrogen) atoms. The smallest absolute Gasteiger partial charge is 0.338 e. The Kier molecular flexibility index (Phi) is 6.67. The standard InChI is InChI=1S/C23H26ClN3O3/c1-5-30-22(28)20-19(12-25-16-9-8-15(4)18(24)11-16)26-23(29)27-21(20)17-10-13(2)6-7-14(17)3/h6-11,21,25H,5,12H2,1-4H3,(H2,26,27,29)/t21-/m1/s1. The summed E-state index contributed by atoms with van der Waals surface area (Å²) in [6.45, 7) is 8.09. The van der Waals surface area contributed by atoms with Crippen LogP contribution in [0.25, 0.3) is 0 Å². The Morgan fingerprint density at radius 2 is 1.87 bits per heavy atom. The van der Waals surface area contributed by atoms with Crippen molar-refractivity contribution in [1.82, 2.24) is 10.6 Å². The number of carbonyl (C=O) groups is 2. The third-order valence-electron chi connectivity index (χ3n) is 5.04. The van der Waals surface area contributed by atoms with E-state index < -0.39 is 12.0 Å². The highest BCUT2D eigenvalue weighted by atomic mass is 35.5. The fourth-order valence-electron chi connectivity index (χ4n) is 3.40. The second-order valence-corrected chi connectivity index (χ2v) is 7.73. The Labute approximate surface area is 181 Å². The topological polar surface area (TPSA) is 79.5 Å². The van der Waals surface area contributed by atoms with Crippen LogP contribution in [0, 0.1) is 20.8 Å². The molecule has 0 saturated heterocycles. The van der Waals surface area contributed by atoms with Crippen molar-refractivity contribution in [2.24, 2.45) is 0 Å². The first-order chi connectivity index (χ1) is 14.3. The minimum atomic E-state index is -0.601. The van der Waals surface area contributed by atoms with Crippen molar-refractivity contribution in [3.05, 3.63) is 74.9 Å². The molecule has 2 aromatic carbocycles. The number of aryl methyl sites for hydroxylation is 3. The van der Waals surface area contributed by atoms with E-state index in [4.69, 9.17) is 16.3 Å². The van der Waals surface area contributed by atoms with E-state index in [-0.39, 0.29) is 19.2 Å². The summed E-state index contributed by atoms with van der Waals surface area (Å²) in [5.74, 6) is -0.463. The number of rotatable bonds is 6. The highest BCUT2D eigenvalue weighted by Gasteiger charge is 2.34. The van der Waals surface area contributed by atoms with Crippen LogP contribution < -0.4 is 16.0 Å². The molecule has 0 aliphatic carbocycles. The number of ether oxygens (including phenoxy) is 1. The number of amides is 2. The summed E-state index contributed by atoms with van der Waals surface area (Å²) in [6.07, 6.45) is 0. The van der Waals surface area contributed by atoms with E-state index in [9.17, 15) is 9.59 Å². The number of benzene rings is 2. The number of hydrogen-bond acceptors (Lipinski definition) is 4. The van der Waals surface area contributed by atoms with Gasteiger partial charge in [0.2, 0.25) is 0 Å². The second-order valence-electron chi connectivity index (χ2n) is 7.32. The molecule has 2 aromatic rings. The second kappa shape index (κ2) is 9.22. The molecule has 3 rings (SSSR count). The van der Waals surface area contributed by atoms with Crippen molar-refractivity contribution in [2.45, 2.75) is 33.7 Å². The van der Waals surface area contributed by atoms with Gasteiger partial charge in [-0.3, -0.25) is 0 Å². The molecule has 0 unspecified atom stereocenters. The molecule has 0 aromatic heterocycles. The molecule has 0 saturated carbocycles. The van der Waals surface area contributed by atoms with Crippen LogP contribution in [0.1, 0.15) is 35.2 Å². The summed E-state index contributed by atoms with van der Waals surface area (Å²) in [4.78, 5) is 25.3. The Morgan fingerprint density at radius 1 is 1.13 bits per heavy atom. The van der Waals surface area contributed by atoms with Gasteiger partial charge in [0.05, 0.1) is 30.5 Å². The molecule has 7 heteroatoms. The lowest BCUT2D eigenvalue weighted by Crippen LogP contribution is -2.47. The Bertz CT molecular complexity index is 1020. The fourth-order valence-corrected chi connectivity index (χ4v) is 3.59. The molecule has 0 spiro atoms. The number of halogens is 1. The van der Waals surface area contributed by atoms with Crippen LogP contribution in [0.4, 0.5) is 10.5 Å². The molecule has 158 valence electrons. The lowest BCUT2D eigenvalue weighted by molar-refractivity contribution is -0.139. The van der Waals surface area contributed by atoms with Crippen LogP contribution in [0.5, 0.6) is 0 Å². The Balaban J connectivity index is 2.01. The molecule has 1 atom stereocenters. The zero-order valence-electron chi connectivity index (χ0n) is 17.6. The summed E-state index contributed by atoms with van der Waals surface area (Å²) in [5.41, 5.74) is 5.50. The maximum atomic E-state index is 12.9. The third kappa shape index (κ3) is 4.76. The lowest BCUT2D eigenvalue weighted by atomic mass is 9.91. The molecule has 2 amide bonds. The third-order valence-corrected chi connectivity index (χ3v) is 5.44.